The van der Waals surface area contributed by atoms with E-state index >= 15 is 0 Å². The molecule has 1 aliphatic heterocycles. The molecule has 2 aromatic carbocycles. The Kier molecular flexibility index (Phi) is 4.05. The van der Waals surface area contributed by atoms with Crippen LogP contribution in [0, 0.1) is 5.92 Å². The van der Waals surface area contributed by atoms with Gasteiger partial charge in [-0.15, -0.1) is 0 Å². The zero-order valence-corrected chi connectivity index (χ0v) is 13.4. The minimum absolute atomic E-state index is 0.0161. The molecule has 4 rings (SSSR count). The second-order valence-corrected chi connectivity index (χ2v) is 6.16. The average molecular weight is 321 g/mol. The van der Waals surface area contributed by atoms with Crippen molar-refractivity contribution in [2.75, 3.05) is 13.2 Å². The maximum atomic E-state index is 12.3. The number of para-hydroxylation sites is 1. The smallest absolute Gasteiger partial charge is 0.189 e. The molecule has 1 saturated heterocycles. The zero-order chi connectivity index (χ0) is 16.4. The Morgan fingerprint density at radius 1 is 1.08 bits per heavy atom. The Balaban J connectivity index is 1.68. The minimum atomic E-state index is 0.0161. The summed E-state index contributed by atoms with van der Waals surface area (Å²) in [5.41, 5.74) is 0.956. The fourth-order valence-electron chi connectivity index (χ4n) is 3.14. The summed E-state index contributed by atoms with van der Waals surface area (Å²) in [6, 6.07) is 16.9. The summed E-state index contributed by atoms with van der Waals surface area (Å²) in [5.74, 6) is 1.94. The fraction of sp³-hybridized carbons (Fsp3) is 0.250. The monoisotopic (exact) mass is 321 g/mol. The normalized spacial score (nSPS) is 17.2. The third-order valence-corrected chi connectivity index (χ3v) is 4.41. The van der Waals surface area contributed by atoms with E-state index < -0.39 is 0 Å². The SMILES string of the molecule is O=c1ccn(CC2CCOC2)c2ccc(Oc3ccccc3)cc12. The maximum absolute atomic E-state index is 12.3. The number of pyridine rings is 1. The average Bonchev–Trinajstić information content (AvgIpc) is 3.12. The largest absolute Gasteiger partial charge is 0.457 e. The fourth-order valence-corrected chi connectivity index (χ4v) is 3.14. The van der Waals surface area contributed by atoms with Crippen LogP contribution >= 0.6 is 0 Å². The number of benzene rings is 2. The van der Waals surface area contributed by atoms with Gasteiger partial charge in [0.05, 0.1) is 12.1 Å². The summed E-state index contributed by atoms with van der Waals surface area (Å²) in [6.07, 6.45) is 2.95. The molecule has 24 heavy (non-hydrogen) atoms. The van der Waals surface area contributed by atoms with Crippen molar-refractivity contribution < 1.29 is 9.47 Å². The van der Waals surface area contributed by atoms with E-state index in [9.17, 15) is 4.79 Å². The standard InChI is InChI=1S/C20H19NO3/c22-20-8-10-21(13-15-9-11-23-14-15)19-7-6-17(12-18(19)20)24-16-4-2-1-3-5-16/h1-8,10,12,15H,9,11,13-14H2. The lowest BCUT2D eigenvalue weighted by Crippen LogP contribution is -2.14. The molecule has 0 amide bonds. The number of rotatable bonds is 4. The first-order valence-corrected chi connectivity index (χ1v) is 8.23. The summed E-state index contributed by atoms with van der Waals surface area (Å²) in [7, 11) is 0. The molecule has 2 heterocycles. The van der Waals surface area contributed by atoms with Gasteiger partial charge < -0.3 is 14.0 Å². The van der Waals surface area contributed by atoms with Gasteiger partial charge in [0.15, 0.2) is 5.43 Å². The van der Waals surface area contributed by atoms with Crippen LogP contribution < -0.4 is 10.2 Å². The Bertz CT molecular complexity index is 896. The second kappa shape index (κ2) is 6.49. The van der Waals surface area contributed by atoms with E-state index in [0.717, 1.165) is 37.4 Å². The molecule has 0 spiro atoms. The second-order valence-electron chi connectivity index (χ2n) is 6.16. The van der Waals surface area contributed by atoms with Gasteiger partial charge in [0.2, 0.25) is 0 Å². The van der Waals surface area contributed by atoms with Crippen LogP contribution in [-0.2, 0) is 11.3 Å². The third kappa shape index (κ3) is 3.05. The van der Waals surface area contributed by atoms with Gasteiger partial charge in [-0.1, -0.05) is 18.2 Å². The molecule has 0 radical (unpaired) electrons. The van der Waals surface area contributed by atoms with Crippen LogP contribution in [0.2, 0.25) is 0 Å². The first-order chi connectivity index (χ1) is 11.8. The first-order valence-electron chi connectivity index (χ1n) is 8.23. The van der Waals surface area contributed by atoms with Crippen LogP contribution in [0.15, 0.2) is 65.6 Å². The lowest BCUT2D eigenvalue weighted by atomic mass is 10.1. The van der Waals surface area contributed by atoms with Gasteiger partial charge in [-0.3, -0.25) is 4.79 Å². The molecular formula is C20H19NO3. The topological polar surface area (TPSA) is 40.5 Å². The van der Waals surface area contributed by atoms with Crippen molar-refractivity contribution >= 4 is 10.9 Å². The molecule has 1 aliphatic rings. The Labute approximate surface area is 140 Å². The number of hydrogen-bond acceptors (Lipinski definition) is 3. The number of aromatic nitrogens is 1. The van der Waals surface area contributed by atoms with Gasteiger partial charge in [0.25, 0.3) is 0 Å². The van der Waals surface area contributed by atoms with Crippen LogP contribution in [0.3, 0.4) is 0 Å². The molecule has 4 nitrogen and oxygen atoms in total. The summed E-state index contributed by atoms with van der Waals surface area (Å²) in [5, 5.41) is 0.685. The molecule has 1 aromatic heterocycles. The maximum Gasteiger partial charge on any atom is 0.189 e. The van der Waals surface area contributed by atoms with Crippen LogP contribution in [0.5, 0.6) is 11.5 Å². The van der Waals surface area contributed by atoms with E-state index in [1.807, 2.05) is 54.7 Å². The van der Waals surface area contributed by atoms with Crippen molar-refractivity contribution in [3.63, 3.8) is 0 Å². The van der Waals surface area contributed by atoms with E-state index in [0.29, 0.717) is 17.1 Å². The molecule has 0 N–H and O–H groups in total. The highest BCUT2D eigenvalue weighted by Crippen LogP contribution is 2.25. The van der Waals surface area contributed by atoms with E-state index in [-0.39, 0.29) is 5.43 Å². The summed E-state index contributed by atoms with van der Waals surface area (Å²) in [6.45, 7) is 2.50. The minimum Gasteiger partial charge on any atom is -0.457 e. The van der Waals surface area contributed by atoms with Crippen LogP contribution in [-0.4, -0.2) is 17.8 Å². The van der Waals surface area contributed by atoms with Crippen LogP contribution in [0.4, 0.5) is 0 Å². The number of ether oxygens (including phenoxy) is 2. The van der Waals surface area contributed by atoms with Crippen molar-refractivity contribution in [2.45, 2.75) is 13.0 Å². The lowest BCUT2D eigenvalue weighted by molar-refractivity contribution is 0.182. The van der Waals surface area contributed by atoms with Crippen molar-refractivity contribution in [1.29, 1.82) is 0 Å². The van der Waals surface area contributed by atoms with Crippen LogP contribution in [0.1, 0.15) is 6.42 Å². The number of hydrogen-bond donors (Lipinski definition) is 0. The van der Waals surface area contributed by atoms with Crippen molar-refractivity contribution in [2.24, 2.45) is 5.92 Å². The van der Waals surface area contributed by atoms with Crippen LogP contribution in [0.25, 0.3) is 10.9 Å². The summed E-state index contributed by atoms with van der Waals surface area (Å²) in [4.78, 5) is 12.3. The molecule has 0 saturated carbocycles. The predicted molar refractivity (Wildman–Crippen MR) is 93.7 cm³/mol. The Morgan fingerprint density at radius 3 is 2.75 bits per heavy atom. The van der Waals surface area contributed by atoms with E-state index in [4.69, 9.17) is 9.47 Å². The van der Waals surface area contributed by atoms with E-state index in [2.05, 4.69) is 4.57 Å². The van der Waals surface area contributed by atoms with E-state index in [1.165, 1.54) is 0 Å². The van der Waals surface area contributed by atoms with Gasteiger partial charge in [-0.05, 0) is 36.8 Å². The molecule has 4 heteroatoms. The number of fused-ring (bicyclic) bond motifs is 1. The van der Waals surface area contributed by atoms with Crippen molar-refractivity contribution in [3.8, 4) is 11.5 Å². The summed E-state index contributed by atoms with van der Waals surface area (Å²) >= 11 is 0. The van der Waals surface area contributed by atoms with Gasteiger partial charge in [-0.25, -0.2) is 0 Å². The quantitative estimate of drug-likeness (QED) is 0.733. The molecule has 3 aromatic rings. The molecular weight excluding hydrogens is 302 g/mol. The van der Waals surface area contributed by atoms with Gasteiger partial charge in [0.1, 0.15) is 11.5 Å². The molecule has 1 unspecified atom stereocenters. The van der Waals surface area contributed by atoms with Crippen molar-refractivity contribution in [1.82, 2.24) is 4.57 Å². The lowest BCUT2D eigenvalue weighted by Gasteiger charge is -2.15. The van der Waals surface area contributed by atoms with Gasteiger partial charge in [0, 0.05) is 36.7 Å². The zero-order valence-electron chi connectivity index (χ0n) is 13.4. The highest BCUT2D eigenvalue weighted by Gasteiger charge is 2.17. The third-order valence-electron chi connectivity index (χ3n) is 4.41. The Morgan fingerprint density at radius 2 is 1.96 bits per heavy atom. The molecule has 1 fully saturated rings. The Hall–Kier alpha value is -2.59. The molecule has 0 aliphatic carbocycles. The van der Waals surface area contributed by atoms with Gasteiger partial charge >= 0.3 is 0 Å². The molecule has 122 valence electrons. The summed E-state index contributed by atoms with van der Waals surface area (Å²) < 4.78 is 13.4. The highest BCUT2D eigenvalue weighted by molar-refractivity contribution is 5.80. The molecule has 0 bridgehead atoms. The first kappa shape index (κ1) is 15.0. The predicted octanol–water partition coefficient (Wildman–Crippen LogP) is 3.83. The van der Waals surface area contributed by atoms with Crippen molar-refractivity contribution in [3.05, 3.63) is 71.0 Å². The van der Waals surface area contributed by atoms with E-state index in [1.54, 1.807) is 6.07 Å². The van der Waals surface area contributed by atoms with Gasteiger partial charge in [-0.2, -0.15) is 0 Å². The number of nitrogens with zero attached hydrogens (tertiary/aromatic N) is 1. The highest BCUT2D eigenvalue weighted by atomic mass is 16.5. The molecule has 1 atom stereocenters.